The zero-order valence-electron chi connectivity index (χ0n) is 11.3. The van der Waals surface area contributed by atoms with Crippen LogP contribution >= 0.6 is 15.9 Å². The number of pyridine rings is 1. The van der Waals surface area contributed by atoms with Crippen LogP contribution < -0.4 is 0 Å². The van der Waals surface area contributed by atoms with Gasteiger partial charge >= 0.3 is 0 Å². The Kier molecular flexibility index (Phi) is 2.75. The minimum atomic E-state index is 0.884. The minimum Gasteiger partial charge on any atom is -0.253 e. The third-order valence-electron chi connectivity index (χ3n) is 3.46. The molecule has 5 heteroatoms. The van der Waals surface area contributed by atoms with Crippen molar-refractivity contribution in [2.45, 2.75) is 6.92 Å². The number of aryl methyl sites for hydroxylation is 1. The molecule has 0 saturated heterocycles. The maximum Gasteiger partial charge on any atom is 0.113 e. The van der Waals surface area contributed by atoms with E-state index in [-0.39, 0.29) is 0 Å². The highest BCUT2D eigenvalue weighted by atomic mass is 79.9. The van der Waals surface area contributed by atoms with Gasteiger partial charge in [-0.3, -0.25) is 4.98 Å². The van der Waals surface area contributed by atoms with Gasteiger partial charge in [0.25, 0.3) is 0 Å². The van der Waals surface area contributed by atoms with Crippen molar-refractivity contribution in [2.24, 2.45) is 0 Å². The lowest BCUT2D eigenvalue weighted by Gasteiger charge is -2.08. The van der Waals surface area contributed by atoms with Crippen LogP contribution in [-0.2, 0) is 0 Å². The van der Waals surface area contributed by atoms with Crippen LogP contribution in [-0.4, -0.2) is 20.0 Å². The average molecular weight is 339 g/mol. The fraction of sp³-hybridized carbons (Fsp3) is 0.0625. The van der Waals surface area contributed by atoms with E-state index in [0.717, 1.165) is 37.8 Å². The smallest absolute Gasteiger partial charge is 0.113 e. The second-order valence-corrected chi connectivity index (χ2v) is 5.85. The van der Waals surface area contributed by atoms with Crippen LogP contribution in [0.5, 0.6) is 0 Å². The number of aromatic nitrogens is 4. The molecule has 2 heterocycles. The summed E-state index contributed by atoms with van der Waals surface area (Å²) in [6, 6.07) is 16.1. The van der Waals surface area contributed by atoms with E-state index in [4.69, 9.17) is 0 Å². The van der Waals surface area contributed by atoms with Crippen molar-refractivity contribution in [3.63, 3.8) is 0 Å². The fourth-order valence-corrected chi connectivity index (χ4v) is 2.89. The second-order valence-electron chi connectivity index (χ2n) is 4.93. The van der Waals surface area contributed by atoms with Gasteiger partial charge in [0, 0.05) is 15.6 Å². The van der Waals surface area contributed by atoms with E-state index in [0.29, 0.717) is 0 Å². The molecule has 4 aromatic rings. The summed E-state index contributed by atoms with van der Waals surface area (Å²) in [6.07, 6.45) is 0. The average Bonchev–Trinajstić information content (AvgIpc) is 2.91. The predicted octanol–water partition coefficient (Wildman–Crippen LogP) is 4.04. The highest BCUT2D eigenvalue weighted by Crippen LogP contribution is 2.27. The van der Waals surface area contributed by atoms with Crippen LogP contribution in [0.3, 0.4) is 0 Å². The van der Waals surface area contributed by atoms with E-state index in [1.54, 1.807) is 0 Å². The molecule has 0 spiro atoms. The van der Waals surface area contributed by atoms with E-state index < -0.39 is 0 Å². The molecule has 0 N–H and O–H groups in total. The third-order valence-corrected chi connectivity index (χ3v) is 3.95. The predicted molar refractivity (Wildman–Crippen MR) is 86.6 cm³/mol. The van der Waals surface area contributed by atoms with Crippen molar-refractivity contribution in [3.05, 3.63) is 58.7 Å². The molecule has 2 aromatic heterocycles. The van der Waals surface area contributed by atoms with Crippen LogP contribution in [0, 0.1) is 6.92 Å². The Bertz CT molecular complexity index is 975. The highest BCUT2D eigenvalue weighted by molar-refractivity contribution is 9.10. The Labute approximate surface area is 129 Å². The Morgan fingerprint density at radius 2 is 1.86 bits per heavy atom. The number of fused-ring (bicyclic) bond motifs is 2. The summed E-state index contributed by atoms with van der Waals surface area (Å²) >= 11 is 3.53. The fourth-order valence-electron chi connectivity index (χ4n) is 2.53. The number of para-hydroxylation sites is 1. The molecule has 0 unspecified atom stereocenters. The van der Waals surface area contributed by atoms with Crippen molar-refractivity contribution in [1.29, 1.82) is 0 Å². The lowest BCUT2D eigenvalue weighted by atomic mass is 10.1. The summed E-state index contributed by atoms with van der Waals surface area (Å²) < 4.78 is 2.89. The number of hydrogen-bond acceptors (Lipinski definition) is 3. The first-order chi connectivity index (χ1) is 10.2. The maximum atomic E-state index is 4.59. The molecule has 2 aromatic carbocycles. The van der Waals surface area contributed by atoms with Crippen molar-refractivity contribution in [3.8, 4) is 5.69 Å². The molecule has 0 bridgehead atoms. The normalized spacial score (nSPS) is 11.3. The van der Waals surface area contributed by atoms with Gasteiger partial charge in [-0.2, -0.15) is 0 Å². The lowest BCUT2D eigenvalue weighted by Crippen LogP contribution is -2.00. The Balaban J connectivity index is 2.12. The van der Waals surface area contributed by atoms with Gasteiger partial charge in [0.15, 0.2) is 0 Å². The summed E-state index contributed by atoms with van der Waals surface area (Å²) in [5, 5.41) is 9.59. The van der Waals surface area contributed by atoms with Crippen LogP contribution in [0.4, 0.5) is 0 Å². The van der Waals surface area contributed by atoms with Crippen LogP contribution in [0.2, 0.25) is 0 Å². The first kappa shape index (κ1) is 12.5. The zero-order chi connectivity index (χ0) is 14.4. The van der Waals surface area contributed by atoms with Gasteiger partial charge in [-0.25, -0.2) is 4.68 Å². The summed E-state index contributed by atoms with van der Waals surface area (Å²) in [5.74, 6) is 0. The van der Waals surface area contributed by atoms with E-state index >= 15 is 0 Å². The largest absolute Gasteiger partial charge is 0.253 e. The van der Waals surface area contributed by atoms with E-state index in [1.165, 1.54) is 0 Å². The maximum absolute atomic E-state index is 4.59. The van der Waals surface area contributed by atoms with Gasteiger partial charge in [-0.15, -0.1) is 5.10 Å². The quantitative estimate of drug-likeness (QED) is 0.526. The van der Waals surface area contributed by atoms with E-state index in [1.807, 2.05) is 54.1 Å². The zero-order valence-corrected chi connectivity index (χ0v) is 12.9. The van der Waals surface area contributed by atoms with Gasteiger partial charge in [-0.05, 0) is 43.3 Å². The molecule has 0 saturated carbocycles. The molecule has 0 radical (unpaired) electrons. The molecular weight excluding hydrogens is 328 g/mol. The van der Waals surface area contributed by atoms with Crippen LogP contribution in [0.25, 0.3) is 27.6 Å². The van der Waals surface area contributed by atoms with Crippen LogP contribution in [0.1, 0.15) is 5.69 Å². The van der Waals surface area contributed by atoms with Gasteiger partial charge in [0.1, 0.15) is 5.52 Å². The first-order valence-corrected chi connectivity index (χ1v) is 7.39. The molecule has 0 fully saturated rings. The highest BCUT2D eigenvalue weighted by Gasteiger charge is 2.11. The molecule has 0 aliphatic carbocycles. The van der Waals surface area contributed by atoms with Gasteiger partial charge in [0.05, 0.1) is 16.7 Å². The first-order valence-electron chi connectivity index (χ1n) is 6.60. The van der Waals surface area contributed by atoms with E-state index in [9.17, 15) is 0 Å². The van der Waals surface area contributed by atoms with Crippen molar-refractivity contribution >= 4 is 37.9 Å². The topological polar surface area (TPSA) is 43.6 Å². The molecule has 4 nitrogen and oxygen atoms in total. The molecule has 21 heavy (non-hydrogen) atoms. The summed E-state index contributed by atoms with van der Waals surface area (Å²) in [5.41, 5.74) is 4.78. The third kappa shape index (κ3) is 2.01. The van der Waals surface area contributed by atoms with Gasteiger partial charge in [0.2, 0.25) is 0 Å². The van der Waals surface area contributed by atoms with Crippen molar-refractivity contribution in [2.75, 3.05) is 0 Å². The number of nitrogens with zero attached hydrogens (tertiary/aromatic N) is 4. The standard InChI is InChI=1S/C16H11BrN4/c1-10-8-16(12-9-11(17)6-7-13(12)18-10)21-15-5-3-2-4-14(15)19-20-21/h2-9H,1H3. The second kappa shape index (κ2) is 4.63. The summed E-state index contributed by atoms with van der Waals surface area (Å²) in [6.45, 7) is 1.99. The van der Waals surface area contributed by atoms with Gasteiger partial charge < -0.3 is 0 Å². The molecule has 0 amide bonds. The number of rotatable bonds is 1. The van der Waals surface area contributed by atoms with Crippen molar-refractivity contribution < 1.29 is 0 Å². The Hall–Kier alpha value is -2.27. The van der Waals surface area contributed by atoms with Crippen LogP contribution in [0.15, 0.2) is 53.0 Å². The Morgan fingerprint density at radius 1 is 1.00 bits per heavy atom. The van der Waals surface area contributed by atoms with Crippen molar-refractivity contribution in [1.82, 2.24) is 20.0 Å². The molecule has 0 atom stereocenters. The molecule has 0 aliphatic heterocycles. The lowest BCUT2D eigenvalue weighted by molar-refractivity contribution is 0.827. The molecular formula is C16H11BrN4. The molecule has 4 rings (SSSR count). The minimum absolute atomic E-state index is 0.884. The number of benzene rings is 2. The summed E-state index contributed by atoms with van der Waals surface area (Å²) in [7, 11) is 0. The Morgan fingerprint density at radius 3 is 2.76 bits per heavy atom. The number of halogens is 1. The molecule has 102 valence electrons. The van der Waals surface area contributed by atoms with Gasteiger partial charge in [-0.1, -0.05) is 33.3 Å². The monoisotopic (exact) mass is 338 g/mol. The molecule has 0 aliphatic rings. The summed E-state index contributed by atoms with van der Waals surface area (Å²) in [4.78, 5) is 4.59. The van der Waals surface area contributed by atoms with E-state index in [2.05, 4.69) is 37.3 Å². The SMILES string of the molecule is Cc1cc(-n2nnc3ccccc32)c2cc(Br)ccc2n1. The number of hydrogen-bond donors (Lipinski definition) is 0.